The van der Waals surface area contributed by atoms with Crippen LogP contribution in [0, 0.1) is 6.07 Å². The third-order valence-corrected chi connectivity index (χ3v) is 1.48. The summed E-state index contributed by atoms with van der Waals surface area (Å²) in [6.45, 7) is 0. The summed E-state index contributed by atoms with van der Waals surface area (Å²) in [7, 11) is 0. The molecule has 8 heavy (non-hydrogen) atoms. The van der Waals surface area contributed by atoms with E-state index in [-0.39, 0.29) is 0 Å². The van der Waals surface area contributed by atoms with Gasteiger partial charge in [0.05, 0.1) is 0 Å². The fourth-order valence-electron chi connectivity index (χ4n) is 0.353. The minimum atomic E-state index is -0.878. The number of thiophene rings is 1. The van der Waals surface area contributed by atoms with E-state index in [1.165, 1.54) is 17.4 Å². The number of aromatic carboxylic acids is 1. The van der Waals surface area contributed by atoms with Crippen LogP contribution < -0.4 is 0 Å². The van der Waals surface area contributed by atoms with Crippen LogP contribution in [0.15, 0.2) is 11.4 Å². The third kappa shape index (κ3) is 0.869. The largest absolute Gasteiger partial charge is 0.477 e. The Bertz CT molecular complexity index is 178. The van der Waals surface area contributed by atoms with E-state index in [1.54, 1.807) is 5.38 Å². The van der Waals surface area contributed by atoms with Crippen molar-refractivity contribution in [3.8, 4) is 0 Å². The minimum Gasteiger partial charge on any atom is -0.477 e. The van der Waals surface area contributed by atoms with E-state index in [0.717, 1.165) is 0 Å². The quantitative estimate of drug-likeness (QED) is 0.616. The number of rotatable bonds is 1. The van der Waals surface area contributed by atoms with E-state index in [0.29, 0.717) is 4.88 Å². The Kier molecular flexibility index (Phi) is 1.30. The van der Waals surface area contributed by atoms with Gasteiger partial charge in [0.2, 0.25) is 0 Å². The molecule has 0 bridgehead atoms. The van der Waals surface area contributed by atoms with Gasteiger partial charge in [-0.05, 0) is 17.5 Å². The summed E-state index contributed by atoms with van der Waals surface area (Å²) in [6, 6.07) is 4.10. The van der Waals surface area contributed by atoms with Crippen molar-refractivity contribution < 1.29 is 9.90 Å². The fourth-order valence-corrected chi connectivity index (χ4v) is 0.853. The standard InChI is InChI=1S/C5H3O2S/c6-5(7)4-2-1-3-8-4/h2-3H,(H,6,7). The maximum Gasteiger partial charge on any atom is 0.345 e. The van der Waals surface area contributed by atoms with Crippen LogP contribution in [-0.2, 0) is 0 Å². The number of carboxylic acid groups (broad SMARTS) is 1. The Morgan fingerprint density at radius 3 is 2.88 bits per heavy atom. The summed E-state index contributed by atoms with van der Waals surface area (Å²) >= 11 is 1.18. The first-order valence-corrected chi connectivity index (χ1v) is 2.86. The molecular formula is C5H3O2S. The van der Waals surface area contributed by atoms with Gasteiger partial charge in [-0.1, -0.05) is 0 Å². The molecule has 0 amide bonds. The predicted molar refractivity (Wildman–Crippen MR) is 30.1 cm³/mol. The van der Waals surface area contributed by atoms with E-state index in [1.807, 2.05) is 0 Å². The van der Waals surface area contributed by atoms with Crippen LogP contribution in [0.5, 0.6) is 0 Å². The van der Waals surface area contributed by atoms with Gasteiger partial charge < -0.3 is 5.11 Å². The third-order valence-electron chi connectivity index (χ3n) is 0.679. The Balaban J connectivity index is 2.93. The molecule has 1 aromatic rings. The van der Waals surface area contributed by atoms with Gasteiger partial charge in [0.1, 0.15) is 4.88 Å². The van der Waals surface area contributed by atoms with Crippen LogP contribution in [0.2, 0.25) is 0 Å². The van der Waals surface area contributed by atoms with Crippen LogP contribution >= 0.6 is 11.3 Å². The topological polar surface area (TPSA) is 37.3 Å². The van der Waals surface area contributed by atoms with Crippen molar-refractivity contribution in [2.45, 2.75) is 0 Å². The molecule has 0 aliphatic rings. The molecule has 3 heteroatoms. The zero-order chi connectivity index (χ0) is 5.98. The van der Waals surface area contributed by atoms with E-state index >= 15 is 0 Å². The van der Waals surface area contributed by atoms with Gasteiger partial charge in [-0.25, -0.2) is 4.79 Å². The first-order valence-electron chi connectivity index (χ1n) is 1.98. The highest BCUT2D eigenvalue weighted by Crippen LogP contribution is 2.05. The van der Waals surface area contributed by atoms with E-state index in [2.05, 4.69) is 6.07 Å². The molecule has 0 aromatic carbocycles. The summed E-state index contributed by atoms with van der Waals surface area (Å²) in [6.07, 6.45) is 0. The first kappa shape index (κ1) is 5.31. The van der Waals surface area contributed by atoms with Gasteiger partial charge in [0.15, 0.2) is 0 Å². The van der Waals surface area contributed by atoms with Crippen LogP contribution in [0.1, 0.15) is 9.67 Å². The highest BCUT2D eigenvalue weighted by molar-refractivity contribution is 7.11. The van der Waals surface area contributed by atoms with Gasteiger partial charge in [-0.3, -0.25) is 0 Å². The summed E-state index contributed by atoms with van der Waals surface area (Å²) in [5, 5.41) is 9.88. The molecule has 0 saturated carbocycles. The van der Waals surface area contributed by atoms with Crippen molar-refractivity contribution in [1.29, 1.82) is 0 Å². The molecule has 0 fully saturated rings. The summed E-state index contributed by atoms with van der Waals surface area (Å²) in [5.41, 5.74) is 0. The zero-order valence-electron chi connectivity index (χ0n) is 3.92. The highest BCUT2D eigenvalue weighted by atomic mass is 32.1. The van der Waals surface area contributed by atoms with Crippen molar-refractivity contribution >= 4 is 17.3 Å². The maximum absolute atomic E-state index is 10.1. The summed E-state index contributed by atoms with van der Waals surface area (Å²) in [4.78, 5) is 10.4. The van der Waals surface area contributed by atoms with Gasteiger partial charge >= 0.3 is 5.97 Å². The second kappa shape index (κ2) is 1.96. The number of hydrogen-bond acceptors (Lipinski definition) is 2. The van der Waals surface area contributed by atoms with Crippen LogP contribution in [0.25, 0.3) is 0 Å². The molecule has 1 heterocycles. The summed E-state index contributed by atoms with van der Waals surface area (Å²) in [5.74, 6) is -0.878. The van der Waals surface area contributed by atoms with E-state index in [9.17, 15) is 4.79 Å². The van der Waals surface area contributed by atoms with Crippen molar-refractivity contribution in [2.75, 3.05) is 0 Å². The molecule has 0 unspecified atom stereocenters. The smallest absolute Gasteiger partial charge is 0.345 e. The maximum atomic E-state index is 10.1. The Labute approximate surface area is 50.4 Å². The van der Waals surface area contributed by atoms with Gasteiger partial charge in [-0.2, -0.15) is 0 Å². The van der Waals surface area contributed by atoms with Crippen molar-refractivity contribution in [2.24, 2.45) is 0 Å². The lowest BCUT2D eigenvalue weighted by Gasteiger charge is -1.78. The van der Waals surface area contributed by atoms with Crippen LogP contribution in [0.4, 0.5) is 0 Å². The van der Waals surface area contributed by atoms with E-state index < -0.39 is 5.97 Å². The molecule has 1 radical (unpaired) electrons. The molecule has 0 atom stereocenters. The normalized spacial score (nSPS) is 9.00. The molecule has 1 aromatic heterocycles. The summed E-state index contributed by atoms with van der Waals surface area (Å²) < 4.78 is 0. The average molecular weight is 127 g/mol. The molecule has 1 N–H and O–H groups in total. The monoisotopic (exact) mass is 127 g/mol. The second-order valence-electron chi connectivity index (χ2n) is 1.22. The lowest BCUT2D eigenvalue weighted by atomic mass is 10.5. The van der Waals surface area contributed by atoms with Crippen LogP contribution in [0.3, 0.4) is 0 Å². The molecule has 0 spiro atoms. The molecule has 0 aliphatic heterocycles. The van der Waals surface area contributed by atoms with Crippen molar-refractivity contribution in [3.05, 3.63) is 22.4 Å². The zero-order valence-corrected chi connectivity index (χ0v) is 4.73. The van der Waals surface area contributed by atoms with Gasteiger partial charge in [0.25, 0.3) is 0 Å². The number of hydrogen-bond donors (Lipinski definition) is 1. The Morgan fingerprint density at radius 2 is 2.62 bits per heavy atom. The van der Waals surface area contributed by atoms with Crippen LogP contribution in [-0.4, -0.2) is 11.1 Å². The van der Waals surface area contributed by atoms with Gasteiger partial charge in [-0.15, -0.1) is 11.3 Å². The molecule has 0 aliphatic carbocycles. The molecule has 0 saturated heterocycles. The lowest BCUT2D eigenvalue weighted by Crippen LogP contribution is -1.89. The predicted octanol–water partition coefficient (Wildman–Crippen LogP) is 1.25. The lowest BCUT2D eigenvalue weighted by molar-refractivity contribution is 0.0702. The average Bonchev–Trinajstić information content (AvgIpc) is 2.12. The highest BCUT2D eigenvalue weighted by Gasteiger charge is 1.99. The Hall–Kier alpha value is -0.830. The Morgan fingerprint density at radius 1 is 1.88 bits per heavy atom. The van der Waals surface area contributed by atoms with E-state index in [4.69, 9.17) is 5.11 Å². The number of carboxylic acids is 1. The first-order chi connectivity index (χ1) is 3.80. The minimum absolute atomic E-state index is 0.338. The van der Waals surface area contributed by atoms with Crippen molar-refractivity contribution in [3.63, 3.8) is 0 Å². The SMILES string of the molecule is O=C(O)c1c[c]cs1. The van der Waals surface area contributed by atoms with Gasteiger partial charge in [0, 0.05) is 0 Å². The molecule has 41 valence electrons. The fraction of sp³-hybridized carbons (Fsp3) is 0. The number of carbonyl (C=O) groups is 1. The molecule has 2 nitrogen and oxygen atoms in total. The molecular weight excluding hydrogens is 124 g/mol. The molecule has 1 rings (SSSR count). The van der Waals surface area contributed by atoms with Crippen molar-refractivity contribution in [1.82, 2.24) is 0 Å². The second-order valence-corrected chi connectivity index (χ2v) is 2.13.